The van der Waals surface area contributed by atoms with Crippen LogP contribution in [0.1, 0.15) is 26.2 Å². The Hall–Kier alpha value is -2.08. The predicted molar refractivity (Wildman–Crippen MR) is 86.1 cm³/mol. The summed E-state index contributed by atoms with van der Waals surface area (Å²) in [6.45, 7) is 3.46. The van der Waals surface area contributed by atoms with Crippen LogP contribution in [0.5, 0.6) is 5.75 Å². The van der Waals surface area contributed by atoms with Crippen LogP contribution in [-0.4, -0.2) is 32.0 Å². The van der Waals surface area contributed by atoms with E-state index < -0.39 is 0 Å². The van der Waals surface area contributed by atoms with Gasteiger partial charge in [-0.2, -0.15) is 0 Å². The molecule has 120 valence electrons. The number of benzene rings is 1. The van der Waals surface area contributed by atoms with Gasteiger partial charge in [0.05, 0.1) is 18.5 Å². The van der Waals surface area contributed by atoms with Crippen LogP contribution in [0.4, 0.5) is 11.4 Å². The molecular weight excluding hydrogens is 282 g/mol. The standard InChI is InChI=1S/C16H23N3O3/c1-11(20)18-14-5-4-13(22-2)9-15(14)19-16(21)6-3-12-7-8-17-10-12/h4-5,9,12,17H,3,6-8,10H2,1-2H3,(H,18,20)(H,19,21). The molecule has 2 amide bonds. The van der Waals surface area contributed by atoms with Gasteiger partial charge in [-0.3, -0.25) is 9.59 Å². The highest BCUT2D eigenvalue weighted by atomic mass is 16.5. The van der Waals surface area contributed by atoms with Crippen LogP contribution < -0.4 is 20.7 Å². The molecule has 0 saturated carbocycles. The number of methoxy groups -OCH3 is 1. The number of anilines is 2. The van der Waals surface area contributed by atoms with E-state index in [4.69, 9.17) is 4.74 Å². The van der Waals surface area contributed by atoms with E-state index in [0.717, 1.165) is 25.9 Å². The van der Waals surface area contributed by atoms with Crippen molar-refractivity contribution in [3.8, 4) is 5.75 Å². The maximum absolute atomic E-state index is 12.1. The van der Waals surface area contributed by atoms with Gasteiger partial charge in [0, 0.05) is 19.4 Å². The van der Waals surface area contributed by atoms with E-state index in [1.807, 2.05) is 0 Å². The molecular formula is C16H23N3O3. The Morgan fingerprint density at radius 3 is 2.77 bits per heavy atom. The number of amides is 2. The second-order valence-electron chi connectivity index (χ2n) is 5.54. The minimum atomic E-state index is -0.183. The van der Waals surface area contributed by atoms with E-state index in [0.29, 0.717) is 29.5 Å². The van der Waals surface area contributed by atoms with Gasteiger partial charge in [-0.25, -0.2) is 0 Å². The van der Waals surface area contributed by atoms with E-state index >= 15 is 0 Å². The highest BCUT2D eigenvalue weighted by Crippen LogP contribution is 2.27. The fraction of sp³-hybridized carbons (Fsp3) is 0.500. The summed E-state index contributed by atoms with van der Waals surface area (Å²) in [7, 11) is 1.56. The maximum atomic E-state index is 12.1. The summed E-state index contributed by atoms with van der Waals surface area (Å²) < 4.78 is 5.17. The van der Waals surface area contributed by atoms with Gasteiger partial charge in [-0.1, -0.05) is 0 Å². The molecule has 3 N–H and O–H groups in total. The zero-order chi connectivity index (χ0) is 15.9. The molecule has 0 spiro atoms. The fourth-order valence-corrected chi connectivity index (χ4v) is 2.56. The number of ether oxygens (including phenoxy) is 1. The summed E-state index contributed by atoms with van der Waals surface area (Å²) in [5, 5.41) is 8.86. The molecule has 6 nitrogen and oxygen atoms in total. The molecule has 22 heavy (non-hydrogen) atoms. The third-order valence-corrected chi connectivity index (χ3v) is 3.75. The second kappa shape index (κ2) is 7.79. The molecule has 1 saturated heterocycles. The second-order valence-corrected chi connectivity index (χ2v) is 5.54. The molecule has 1 aromatic rings. The number of carbonyl (C=O) groups is 2. The van der Waals surface area contributed by atoms with Gasteiger partial charge in [-0.05, 0) is 44.0 Å². The summed E-state index contributed by atoms with van der Waals surface area (Å²) in [6.07, 6.45) is 2.48. The largest absolute Gasteiger partial charge is 0.497 e. The Morgan fingerprint density at radius 1 is 1.32 bits per heavy atom. The van der Waals surface area contributed by atoms with Crippen LogP contribution >= 0.6 is 0 Å². The third-order valence-electron chi connectivity index (χ3n) is 3.75. The van der Waals surface area contributed by atoms with E-state index in [1.165, 1.54) is 6.92 Å². The van der Waals surface area contributed by atoms with Crippen LogP contribution in [0.2, 0.25) is 0 Å². The van der Waals surface area contributed by atoms with Crippen molar-refractivity contribution in [1.29, 1.82) is 0 Å². The average molecular weight is 305 g/mol. The Balaban J connectivity index is 1.98. The molecule has 1 heterocycles. The molecule has 1 aliphatic rings. The summed E-state index contributed by atoms with van der Waals surface area (Å²) in [5.41, 5.74) is 1.13. The molecule has 0 aliphatic carbocycles. The van der Waals surface area contributed by atoms with E-state index in [9.17, 15) is 9.59 Å². The van der Waals surface area contributed by atoms with Gasteiger partial charge in [0.15, 0.2) is 0 Å². The predicted octanol–water partition coefficient (Wildman–Crippen LogP) is 1.98. The van der Waals surface area contributed by atoms with Crippen molar-refractivity contribution in [2.24, 2.45) is 5.92 Å². The van der Waals surface area contributed by atoms with Crippen molar-refractivity contribution in [2.75, 3.05) is 30.8 Å². The summed E-state index contributed by atoms with van der Waals surface area (Å²) >= 11 is 0. The van der Waals surface area contributed by atoms with Crippen molar-refractivity contribution < 1.29 is 14.3 Å². The Kier molecular flexibility index (Phi) is 5.77. The first-order valence-corrected chi connectivity index (χ1v) is 7.54. The number of carbonyl (C=O) groups excluding carboxylic acids is 2. The Bertz CT molecular complexity index is 539. The number of hydrogen-bond donors (Lipinski definition) is 3. The van der Waals surface area contributed by atoms with Crippen LogP contribution in [0.25, 0.3) is 0 Å². The lowest BCUT2D eigenvalue weighted by atomic mass is 10.0. The quantitative estimate of drug-likeness (QED) is 0.751. The first-order valence-electron chi connectivity index (χ1n) is 7.54. The highest BCUT2D eigenvalue weighted by molar-refractivity contribution is 5.99. The molecule has 1 aromatic carbocycles. The van der Waals surface area contributed by atoms with Crippen LogP contribution in [0.15, 0.2) is 18.2 Å². The molecule has 0 aromatic heterocycles. The first kappa shape index (κ1) is 16.3. The van der Waals surface area contributed by atoms with E-state index in [-0.39, 0.29) is 11.8 Å². The number of hydrogen-bond acceptors (Lipinski definition) is 4. The summed E-state index contributed by atoms with van der Waals surface area (Å²) in [4.78, 5) is 23.4. The first-order chi connectivity index (χ1) is 10.6. The lowest BCUT2D eigenvalue weighted by Crippen LogP contribution is -2.17. The molecule has 0 bridgehead atoms. The fourth-order valence-electron chi connectivity index (χ4n) is 2.56. The monoisotopic (exact) mass is 305 g/mol. The maximum Gasteiger partial charge on any atom is 0.224 e. The molecule has 1 fully saturated rings. The summed E-state index contributed by atoms with van der Waals surface area (Å²) in [6, 6.07) is 5.17. The lowest BCUT2D eigenvalue weighted by molar-refractivity contribution is -0.116. The van der Waals surface area contributed by atoms with Gasteiger partial charge >= 0.3 is 0 Å². The third kappa shape index (κ3) is 4.73. The van der Waals surface area contributed by atoms with Crippen molar-refractivity contribution in [2.45, 2.75) is 26.2 Å². The van der Waals surface area contributed by atoms with Gasteiger partial charge in [0.25, 0.3) is 0 Å². The SMILES string of the molecule is COc1ccc(NC(C)=O)c(NC(=O)CCC2CCNC2)c1. The molecule has 0 radical (unpaired) electrons. The van der Waals surface area contributed by atoms with E-state index in [1.54, 1.807) is 25.3 Å². The van der Waals surface area contributed by atoms with Crippen LogP contribution in [0.3, 0.4) is 0 Å². The topological polar surface area (TPSA) is 79.5 Å². The number of nitrogens with one attached hydrogen (secondary N) is 3. The molecule has 2 rings (SSSR count). The molecule has 1 unspecified atom stereocenters. The van der Waals surface area contributed by atoms with Crippen molar-refractivity contribution in [3.05, 3.63) is 18.2 Å². The van der Waals surface area contributed by atoms with Crippen molar-refractivity contribution >= 4 is 23.2 Å². The molecule has 1 aliphatic heterocycles. The van der Waals surface area contributed by atoms with Gasteiger partial charge in [-0.15, -0.1) is 0 Å². The molecule has 1 atom stereocenters. The highest BCUT2D eigenvalue weighted by Gasteiger charge is 2.16. The van der Waals surface area contributed by atoms with Crippen molar-refractivity contribution in [1.82, 2.24) is 5.32 Å². The van der Waals surface area contributed by atoms with Crippen LogP contribution in [-0.2, 0) is 9.59 Å². The zero-order valence-electron chi connectivity index (χ0n) is 13.1. The number of rotatable bonds is 6. The minimum Gasteiger partial charge on any atom is -0.497 e. The smallest absolute Gasteiger partial charge is 0.224 e. The lowest BCUT2D eigenvalue weighted by Gasteiger charge is -2.14. The zero-order valence-corrected chi connectivity index (χ0v) is 13.1. The van der Waals surface area contributed by atoms with E-state index in [2.05, 4.69) is 16.0 Å². The van der Waals surface area contributed by atoms with Crippen molar-refractivity contribution in [3.63, 3.8) is 0 Å². The van der Waals surface area contributed by atoms with Gasteiger partial charge in [0.2, 0.25) is 11.8 Å². The summed E-state index contributed by atoms with van der Waals surface area (Å²) in [5.74, 6) is 0.972. The normalized spacial score (nSPS) is 17.1. The Labute approximate surface area is 130 Å². The minimum absolute atomic E-state index is 0.0493. The van der Waals surface area contributed by atoms with Gasteiger partial charge in [0.1, 0.15) is 5.75 Å². The van der Waals surface area contributed by atoms with Gasteiger partial charge < -0.3 is 20.7 Å². The Morgan fingerprint density at radius 2 is 2.14 bits per heavy atom. The average Bonchev–Trinajstić information content (AvgIpc) is 3.00. The molecule has 6 heteroatoms. The van der Waals surface area contributed by atoms with Crippen LogP contribution in [0, 0.1) is 5.92 Å².